The zero-order valence-corrected chi connectivity index (χ0v) is 11.1. The summed E-state index contributed by atoms with van der Waals surface area (Å²) in [6.45, 7) is 8.99. The molecule has 1 saturated heterocycles. The molecule has 1 aromatic heterocycles. The van der Waals surface area contributed by atoms with Crippen molar-refractivity contribution in [3.63, 3.8) is 0 Å². The number of hydrogen-bond donors (Lipinski definition) is 1. The third-order valence-electron chi connectivity index (χ3n) is 3.67. The molecule has 1 aliphatic heterocycles. The van der Waals surface area contributed by atoms with Crippen molar-refractivity contribution in [3.05, 3.63) is 24.5 Å². The highest BCUT2D eigenvalue weighted by Gasteiger charge is 2.29. The monoisotopic (exact) mass is 233 g/mol. The number of rotatable bonds is 3. The van der Waals surface area contributed by atoms with E-state index in [1.165, 1.54) is 12.1 Å². The minimum Gasteiger partial charge on any atom is -0.364 e. The van der Waals surface area contributed by atoms with Crippen molar-refractivity contribution >= 4 is 5.69 Å². The summed E-state index contributed by atoms with van der Waals surface area (Å²) in [5, 5.41) is 3.64. The molecule has 1 aromatic rings. The highest BCUT2D eigenvalue weighted by atomic mass is 15.2. The van der Waals surface area contributed by atoms with Crippen LogP contribution in [0.1, 0.15) is 27.2 Å². The van der Waals surface area contributed by atoms with Crippen molar-refractivity contribution in [3.8, 4) is 0 Å². The topological polar surface area (TPSA) is 28.2 Å². The zero-order valence-electron chi connectivity index (χ0n) is 11.1. The van der Waals surface area contributed by atoms with E-state index < -0.39 is 0 Å². The number of aromatic nitrogens is 1. The molecule has 3 heteroatoms. The first-order valence-corrected chi connectivity index (χ1v) is 6.62. The van der Waals surface area contributed by atoms with Crippen molar-refractivity contribution in [2.45, 2.75) is 39.3 Å². The van der Waals surface area contributed by atoms with Crippen molar-refractivity contribution in [1.29, 1.82) is 0 Å². The first-order chi connectivity index (χ1) is 8.22. The first kappa shape index (κ1) is 12.4. The van der Waals surface area contributed by atoms with Gasteiger partial charge in [-0.15, -0.1) is 0 Å². The maximum Gasteiger partial charge on any atom is 0.0556 e. The summed E-state index contributed by atoms with van der Waals surface area (Å²) in [6.07, 6.45) is 5.00. The van der Waals surface area contributed by atoms with E-state index in [4.69, 9.17) is 0 Å². The number of pyridine rings is 1. The number of anilines is 1. The van der Waals surface area contributed by atoms with Gasteiger partial charge in [-0.25, -0.2) is 0 Å². The second kappa shape index (κ2) is 5.50. The lowest BCUT2D eigenvalue weighted by molar-refractivity contribution is 0.333. The molecule has 3 nitrogen and oxygen atoms in total. The third-order valence-corrected chi connectivity index (χ3v) is 3.67. The van der Waals surface area contributed by atoms with Crippen LogP contribution in [-0.4, -0.2) is 30.2 Å². The molecule has 1 aliphatic rings. The largest absolute Gasteiger partial charge is 0.364 e. The maximum atomic E-state index is 4.24. The van der Waals surface area contributed by atoms with Gasteiger partial charge in [0.2, 0.25) is 0 Å². The molecule has 2 atom stereocenters. The Morgan fingerprint density at radius 3 is 2.94 bits per heavy atom. The minimum atomic E-state index is 0.571. The van der Waals surface area contributed by atoms with Gasteiger partial charge in [0.05, 0.1) is 11.9 Å². The Bertz CT molecular complexity index is 337. The number of nitrogens with zero attached hydrogens (tertiary/aromatic N) is 2. The summed E-state index contributed by atoms with van der Waals surface area (Å²) in [7, 11) is 0. The van der Waals surface area contributed by atoms with E-state index in [0.717, 1.165) is 13.1 Å². The molecule has 1 N–H and O–H groups in total. The summed E-state index contributed by atoms with van der Waals surface area (Å²) in [5.41, 5.74) is 1.26. The predicted octanol–water partition coefficient (Wildman–Crippen LogP) is 2.29. The van der Waals surface area contributed by atoms with E-state index in [1.54, 1.807) is 0 Å². The van der Waals surface area contributed by atoms with Gasteiger partial charge < -0.3 is 10.2 Å². The molecule has 2 rings (SSSR count). The van der Waals surface area contributed by atoms with Crippen molar-refractivity contribution in [2.75, 3.05) is 18.0 Å². The van der Waals surface area contributed by atoms with Gasteiger partial charge in [0, 0.05) is 31.4 Å². The van der Waals surface area contributed by atoms with Gasteiger partial charge in [-0.2, -0.15) is 0 Å². The molecule has 0 amide bonds. The molecule has 0 radical (unpaired) electrons. The lowest BCUT2D eigenvalue weighted by Gasteiger charge is -2.43. The van der Waals surface area contributed by atoms with Crippen molar-refractivity contribution in [2.24, 2.45) is 5.92 Å². The van der Waals surface area contributed by atoms with Crippen LogP contribution in [0.25, 0.3) is 0 Å². The van der Waals surface area contributed by atoms with Crippen LogP contribution in [0.4, 0.5) is 5.69 Å². The van der Waals surface area contributed by atoms with Crippen LogP contribution in [-0.2, 0) is 0 Å². The second-order valence-electron chi connectivity index (χ2n) is 5.19. The Kier molecular flexibility index (Phi) is 4.00. The van der Waals surface area contributed by atoms with E-state index in [0.29, 0.717) is 18.0 Å². The fraction of sp³-hybridized carbons (Fsp3) is 0.643. The molecule has 17 heavy (non-hydrogen) atoms. The average molecular weight is 233 g/mol. The Morgan fingerprint density at radius 1 is 1.53 bits per heavy atom. The van der Waals surface area contributed by atoms with Crippen LogP contribution < -0.4 is 10.2 Å². The van der Waals surface area contributed by atoms with Gasteiger partial charge in [-0.3, -0.25) is 4.98 Å². The van der Waals surface area contributed by atoms with Crippen molar-refractivity contribution in [1.82, 2.24) is 10.3 Å². The summed E-state index contributed by atoms with van der Waals surface area (Å²) in [4.78, 5) is 6.76. The summed E-state index contributed by atoms with van der Waals surface area (Å²) < 4.78 is 0. The Balaban J connectivity index is 2.19. The van der Waals surface area contributed by atoms with E-state index >= 15 is 0 Å². The molecular weight excluding hydrogens is 210 g/mol. The van der Waals surface area contributed by atoms with E-state index in [9.17, 15) is 0 Å². The fourth-order valence-electron chi connectivity index (χ4n) is 2.52. The number of piperazine rings is 1. The van der Waals surface area contributed by atoms with E-state index in [2.05, 4.69) is 42.0 Å². The molecule has 94 valence electrons. The molecule has 0 aromatic carbocycles. The number of hydrogen-bond acceptors (Lipinski definition) is 3. The minimum absolute atomic E-state index is 0.571. The normalized spacial score (nSPS) is 25.3. The second-order valence-corrected chi connectivity index (χ2v) is 5.19. The smallest absolute Gasteiger partial charge is 0.0556 e. The van der Waals surface area contributed by atoms with Crippen LogP contribution in [0.15, 0.2) is 24.5 Å². The quantitative estimate of drug-likeness (QED) is 0.868. The molecule has 0 aliphatic carbocycles. The van der Waals surface area contributed by atoms with Crippen molar-refractivity contribution < 1.29 is 0 Å². The van der Waals surface area contributed by atoms with Gasteiger partial charge in [0.25, 0.3) is 0 Å². The predicted molar refractivity (Wildman–Crippen MR) is 72.3 cm³/mol. The summed E-state index contributed by atoms with van der Waals surface area (Å²) >= 11 is 0. The Morgan fingerprint density at radius 2 is 2.35 bits per heavy atom. The highest BCUT2D eigenvalue weighted by Crippen LogP contribution is 2.23. The molecular formula is C14H23N3. The van der Waals surface area contributed by atoms with Crippen LogP contribution in [0.2, 0.25) is 0 Å². The number of nitrogens with one attached hydrogen (secondary N) is 1. The molecule has 1 fully saturated rings. The van der Waals surface area contributed by atoms with Gasteiger partial charge in [-0.05, 0) is 24.5 Å². The molecule has 2 unspecified atom stereocenters. The molecule has 2 heterocycles. The van der Waals surface area contributed by atoms with E-state index in [-0.39, 0.29) is 0 Å². The van der Waals surface area contributed by atoms with Gasteiger partial charge in [0.1, 0.15) is 0 Å². The summed E-state index contributed by atoms with van der Waals surface area (Å²) in [6, 6.07) is 5.36. The average Bonchev–Trinajstić information content (AvgIpc) is 2.39. The van der Waals surface area contributed by atoms with Gasteiger partial charge in [0.15, 0.2) is 0 Å². The van der Waals surface area contributed by atoms with Crippen LogP contribution >= 0.6 is 0 Å². The van der Waals surface area contributed by atoms with E-state index in [1.807, 2.05) is 18.5 Å². The Labute approximate surface area is 104 Å². The SMILES string of the molecule is CCC1CN(c2cccnc2)C(C(C)C)CN1. The Hall–Kier alpha value is -1.09. The molecule has 0 saturated carbocycles. The molecule has 0 bridgehead atoms. The van der Waals surface area contributed by atoms with Gasteiger partial charge in [-0.1, -0.05) is 20.8 Å². The lowest BCUT2D eigenvalue weighted by Crippen LogP contribution is -2.58. The maximum absolute atomic E-state index is 4.24. The molecule has 0 spiro atoms. The lowest BCUT2D eigenvalue weighted by atomic mass is 9.97. The summed E-state index contributed by atoms with van der Waals surface area (Å²) in [5.74, 6) is 0.653. The standard InChI is InChI=1S/C14H23N3/c1-4-12-10-17(13-6-5-7-15-8-13)14(9-16-12)11(2)3/h5-8,11-12,14,16H,4,9-10H2,1-3H3. The fourth-order valence-corrected chi connectivity index (χ4v) is 2.52. The van der Waals surface area contributed by atoms with Crippen LogP contribution in [0.5, 0.6) is 0 Å². The highest BCUT2D eigenvalue weighted by molar-refractivity contribution is 5.46. The first-order valence-electron chi connectivity index (χ1n) is 6.62. The van der Waals surface area contributed by atoms with Crippen LogP contribution in [0.3, 0.4) is 0 Å². The third kappa shape index (κ3) is 2.78. The zero-order chi connectivity index (χ0) is 12.3. The van der Waals surface area contributed by atoms with Crippen LogP contribution in [0, 0.1) is 5.92 Å². The van der Waals surface area contributed by atoms with Gasteiger partial charge >= 0.3 is 0 Å².